The summed E-state index contributed by atoms with van der Waals surface area (Å²) in [5, 5.41) is 14.9. The monoisotopic (exact) mass is 467 g/mol. The smallest absolute Gasteiger partial charge is 0.414 e. The Hall–Kier alpha value is -3.70. The summed E-state index contributed by atoms with van der Waals surface area (Å²) < 4.78 is 15.2. The van der Waals surface area contributed by atoms with Crippen LogP contribution in [0, 0.1) is 10.1 Å². The van der Waals surface area contributed by atoms with Crippen LogP contribution >= 0.6 is 0 Å². The van der Waals surface area contributed by atoms with Gasteiger partial charge in [0.1, 0.15) is 23.9 Å². The van der Waals surface area contributed by atoms with Gasteiger partial charge in [-0.2, -0.15) is 0 Å². The summed E-state index contributed by atoms with van der Waals surface area (Å²) in [5.74, 6) is -1.86. The van der Waals surface area contributed by atoms with Crippen molar-refractivity contribution in [1.29, 1.82) is 0 Å². The average Bonchev–Trinajstić information content (AvgIpc) is 2.62. The molecule has 33 heavy (non-hydrogen) atoms. The second kappa shape index (κ2) is 11.2. The molecule has 1 rings (SSSR count). The minimum atomic E-state index is -1.47. The fourth-order valence-corrected chi connectivity index (χ4v) is 2.27. The van der Waals surface area contributed by atoms with Crippen LogP contribution in [0.2, 0.25) is 0 Å². The maximum Gasteiger partial charge on any atom is 0.414 e. The van der Waals surface area contributed by atoms with E-state index in [2.05, 4.69) is 5.32 Å². The van der Waals surface area contributed by atoms with E-state index < -0.39 is 52.7 Å². The lowest BCUT2D eigenvalue weighted by molar-refractivity contribution is -0.384. The number of non-ortho nitro benzene ring substituents is 1. The van der Waals surface area contributed by atoms with Crippen LogP contribution in [-0.2, 0) is 30.4 Å². The summed E-state index contributed by atoms with van der Waals surface area (Å²) >= 11 is 0. The third kappa shape index (κ3) is 11.5. The molecule has 0 heterocycles. The molecule has 12 heteroatoms. The molecule has 1 aromatic rings. The highest BCUT2D eigenvalue weighted by Crippen LogP contribution is 2.13. The molecule has 0 radical (unpaired) electrons. The topological polar surface area (TPSA) is 163 Å². The number of benzene rings is 1. The largest absolute Gasteiger partial charge is 0.459 e. The molecule has 1 aromatic carbocycles. The van der Waals surface area contributed by atoms with Gasteiger partial charge in [0.2, 0.25) is 5.91 Å². The summed E-state index contributed by atoms with van der Waals surface area (Å²) in [7, 11) is 0. The molecule has 0 aliphatic heterocycles. The first kappa shape index (κ1) is 27.3. The van der Waals surface area contributed by atoms with Crippen LogP contribution in [0.15, 0.2) is 24.3 Å². The van der Waals surface area contributed by atoms with Gasteiger partial charge in [-0.25, -0.2) is 14.4 Å². The van der Waals surface area contributed by atoms with Crippen LogP contribution in [0.5, 0.6) is 0 Å². The van der Waals surface area contributed by atoms with Crippen LogP contribution in [0.25, 0.3) is 0 Å². The number of nitrogens with zero attached hydrogens (tertiary/aromatic N) is 1. The van der Waals surface area contributed by atoms with Gasteiger partial charge in [0.25, 0.3) is 5.69 Å². The Bertz CT molecular complexity index is 884. The number of alkyl carbamates (subject to hydrolysis) is 2. The highest BCUT2D eigenvalue weighted by Gasteiger charge is 2.29. The van der Waals surface area contributed by atoms with E-state index in [0.717, 1.165) is 0 Å². The number of hydrogen-bond donors (Lipinski definition) is 2. The molecular weight excluding hydrogens is 438 g/mol. The second-order valence-corrected chi connectivity index (χ2v) is 8.98. The van der Waals surface area contributed by atoms with Gasteiger partial charge < -0.3 is 19.5 Å². The Morgan fingerprint density at radius 2 is 1.45 bits per heavy atom. The number of carbonyl (C=O) groups excluding carboxylic acids is 4. The molecule has 0 bridgehead atoms. The summed E-state index contributed by atoms with van der Waals surface area (Å²) in [4.78, 5) is 58.8. The number of hydrogen-bond acceptors (Lipinski definition) is 9. The van der Waals surface area contributed by atoms with Gasteiger partial charge in [-0.1, -0.05) is 0 Å². The van der Waals surface area contributed by atoms with Crippen LogP contribution in [0.3, 0.4) is 0 Å². The van der Waals surface area contributed by atoms with E-state index in [9.17, 15) is 29.3 Å². The first-order valence-electron chi connectivity index (χ1n) is 9.98. The van der Waals surface area contributed by atoms with E-state index in [1.807, 2.05) is 5.32 Å². The second-order valence-electron chi connectivity index (χ2n) is 8.98. The summed E-state index contributed by atoms with van der Waals surface area (Å²) in [6, 6.07) is 3.82. The van der Waals surface area contributed by atoms with E-state index >= 15 is 0 Å². The molecule has 0 saturated carbocycles. The maximum absolute atomic E-state index is 12.5. The lowest BCUT2D eigenvalue weighted by Crippen LogP contribution is -2.47. The van der Waals surface area contributed by atoms with E-state index in [-0.39, 0.29) is 12.3 Å². The zero-order valence-corrected chi connectivity index (χ0v) is 19.4. The summed E-state index contributed by atoms with van der Waals surface area (Å²) in [6.07, 6.45) is -2.61. The first-order chi connectivity index (χ1) is 15.1. The molecule has 12 nitrogen and oxygen atoms in total. The fourth-order valence-electron chi connectivity index (χ4n) is 2.27. The minimum Gasteiger partial charge on any atom is -0.459 e. The third-order valence-electron chi connectivity index (χ3n) is 3.53. The van der Waals surface area contributed by atoms with Gasteiger partial charge in [-0.05, 0) is 59.2 Å². The van der Waals surface area contributed by atoms with Crippen molar-refractivity contribution >= 4 is 29.8 Å². The number of rotatable bonds is 7. The molecule has 0 spiro atoms. The average molecular weight is 467 g/mol. The van der Waals surface area contributed by atoms with Crippen molar-refractivity contribution in [2.75, 3.05) is 0 Å². The standard InChI is InChI=1S/C21H29N3O9/c1-20(2,3)32-18(27)22-15(11-16(25)23-19(28)33-21(4,5)6)17(26)31-12-13-7-9-14(10-8-13)24(29)30/h7-10,15H,11-12H2,1-6H3,(H,22,27)(H,23,25,28)/t15-/m0/s1. The number of nitrogens with one attached hydrogen (secondary N) is 2. The molecular formula is C21H29N3O9. The summed E-state index contributed by atoms with van der Waals surface area (Å²) in [6.45, 7) is 9.41. The Balaban J connectivity index is 2.83. The lowest BCUT2D eigenvalue weighted by atomic mass is 10.2. The van der Waals surface area contributed by atoms with Gasteiger partial charge in [0, 0.05) is 12.1 Å². The van der Waals surface area contributed by atoms with Gasteiger partial charge in [-0.3, -0.25) is 20.2 Å². The van der Waals surface area contributed by atoms with Crippen molar-refractivity contribution < 1.29 is 38.3 Å². The number of nitro benzene ring substituents is 1. The van der Waals surface area contributed by atoms with Crippen molar-refractivity contribution in [2.24, 2.45) is 0 Å². The summed E-state index contributed by atoms with van der Waals surface area (Å²) in [5.41, 5.74) is -1.39. The zero-order valence-electron chi connectivity index (χ0n) is 19.4. The third-order valence-corrected chi connectivity index (χ3v) is 3.53. The van der Waals surface area contributed by atoms with Crippen LogP contribution in [0.4, 0.5) is 15.3 Å². The maximum atomic E-state index is 12.5. The first-order valence-corrected chi connectivity index (χ1v) is 9.98. The molecule has 0 unspecified atom stereocenters. The predicted molar refractivity (Wildman–Crippen MR) is 115 cm³/mol. The van der Waals surface area contributed by atoms with Gasteiger partial charge >= 0.3 is 18.2 Å². The minimum absolute atomic E-state index is 0.131. The predicted octanol–water partition coefficient (Wildman–Crippen LogP) is 2.97. The zero-order chi connectivity index (χ0) is 25.4. The molecule has 0 saturated heterocycles. The van der Waals surface area contributed by atoms with Crippen molar-refractivity contribution in [1.82, 2.24) is 10.6 Å². The van der Waals surface area contributed by atoms with Gasteiger partial charge in [-0.15, -0.1) is 0 Å². The van der Waals surface area contributed by atoms with E-state index in [0.29, 0.717) is 5.56 Å². The molecule has 1 atom stereocenters. The Morgan fingerprint density at radius 1 is 0.939 bits per heavy atom. The van der Waals surface area contributed by atoms with E-state index in [4.69, 9.17) is 14.2 Å². The molecule has 0 aromatic heterocycles. The van der Waals surface area contributed by atoms with E-state index in [1.54, 1.807) is 41.5 Å². The highest BCUT2D eigenvalue weighted by atomic mass is 16.6. The van der Waals surface area contributed by atoms with Crippen LogP contribution in [-0.4, -0.2) is 46.2 Å². The van der Waals surface area contributed by atoms with Crippen molar-refractivity contribution in [2.45, 2.75) is 71.8 Å². The van der Waals surface area contributed by atoms with Gasteiger partial charge in [0.05, 0.1) is 11.3 Å². The molecule has 3 amide bonds. The number of nitro groups is 1. The SMILES string of the molecule is CC(C)(C)OC(=O)NC(=O)C[C@H](NC(=O)OC(C)(C)C)C(=O)OCc1ccc([N+](=O)[O-])cc1. The highest BCUT2D eigenvalue weighted by molar-refractivity contribution is 5.95. The number of amides is 3. The lowest BCUT2D eigenvalue weighted by Gasteiger charge is -2.23. The Morgan fingerprint density at radius 3 is 1.94 bits per heavy atom. The van der Waals surface area contributed by atoms with Crippen LogP contribution < -0.4 is 10.6 Å². The molecule has 0 aliphatic rings. The number of imide groups is 1. The molecule has 0 fully saturated rings. The Kier molecular flexibility index (Phi) is 9.32. The van der Waals surface area contributed by atoms with Gasteiger partial charge in [0.15, 0.2) is 0 Å². The number of esters is 1. The quantitative estimate of drug-likeness (QED) is 0.265. The van der Waals surface area contributed by atoms with Crippen molar-refractivity contribution in [3.63, 3.8) is 0 Å². The number of ether oxygens (including phenoxy) is 3. The van der Waals surface area contributed by atoms with Crippen molar-refractivity contribution in [3.05, 3.63) is 39.9 Å². The molecule has 2 N–H and O–H groups in total. The fraction of sp³-hybridized carbons (Fsp3) is 0.524. The van der Waals surface area contributed by atoms with Crippen LogP contribution in [0.1, 0.15) is 53.5 Å². The Labute approximate surface area is 191 Å². The molecule has 0 aliphatic carbocycles. The molecule has 182 valence electrons. The normalized spacial score (nSPS) is 12.2. The van der Waals surface area contributed by atoms with Crippen molar-refractivity contribution in [3.8, 4) is 0 Å². The number of carbonyl (C=O) groups is 4. The van der Waals surface area contributed by atoms with E-state index in [1.165, 1.54) is 24.3 Å².